The van der Waals surface area contributed by atoms with Crippen molar-refractivity contribution in [2.45, 2.75) is 93.4 Å². The number of hydrogen-bond donors (Lipinski definition) is 0. The maximum absolute atomic E-state index is 6.84. The van der Waals surface area contributed by atoms with Crippen LogP contribution in [-0.4, -0.2) is 4.98 Å². The van der Waals surface area contributed by atoms with Crippen LogP contribution in [0.3, 0.4) is 0 Å². The molecule has 1 aliphatic rings. The van der Waals surface area contributed by atoms with E-state index < -0.39 is 0 Å². The van der Waals surface area contributed by atoms with Crippen LogP contribution >= 0.6 is 0 Å². The second-order valence-corrected chi connectivity index (χ2v) is 15.6. The molecule has 0 bridgehead atoms. The van der Waals surface area contributed by atoms with Gasteiger partial charge in [-0.3, -0.25) is 0 Å². The molecule has 0 saturated carbocycles. The van der Waals surface area contributed by atoms with Crippen LogP contribution in [0.25, 0.3) is 44.5 Å². The van der Waals surface area contributed by atoms with Gasteiger partial charge in [-0.05, 0) is 71.8 Å². The van der Waals surface area contributed by atoms with E-state index in [0.717, 1.165) is 40.5 Å². The molecule has 0 N–H and O–H groups in total. The summed E-state index contributed by atoms with van der Waals surface area (Å²) in [7, 11) is 2.15. The van der Waals surface area contributed by atoms with E-state index in [2.05, 4.69) is 136 Å². The lowest BCUT2D eigenvalue weighted by Crippen LogP contribution is -2.35. The molecule has 0 unspecified atom stereocenters. The van der Waals surface area contributed by atoms with Crippen molar-refractivity contribution in [1.82, 2.24) is 4.98 Å². The highest BCUT2D eigenvalue weighted by Gasteiger charge is 2.49. The molecule has 0 radical (unpaired) electrons. The van der Waals surface area contributed by atoms with Gasteiger partial charge in [-0.25, -0.2) is 9.55 Å². The Bertz CT molecular complexity index is 1840. The SMILES string of the molecule is Cc1cc(-c2c(C)ccc3c2oc2nc4c(cc23)-c2ccccc2C4(CC(C)(C)C)CC(C)(C)C)[n+](C)cc1C(C)C. The normalized spacial score (nSPS) is 14.7. The molecule has 1 aliphatic carbocycles. The maximum atomic E-state index is 6.84. The number of hydrogen-bond acceptors (Lipinski definition) is 2. The zero-order chi connectivity index (χ0) is 30.4. The topological polar surface area (TPSA) is 29.9 Å². The molecule has 3 heteroatoms. The highest BCUT2D eigenvalue weighted by molar-refractivity contribution is 6.10. The minimum absolute atomic E-state index is 0.128. The third-order valence-electron chi connectivity index (χ3n) is 9.09. The summed E-state index contributed by atoms with van der Waals surface area (Å²) in [6.07, 6.45) is 4.34. The molecular formula is C39H47N2O+. The van der Waals surface area contributed by atoms with Crippen LogP contribution in [0.2, 0.25) is 0 Å². The lowest BCUT2D eigenvalue weighted by molar-refractivity contribution is -0.660. The van der Waals surface area contributed by atoms with Crippen molar-refractivity contribution in [2.24, 2.45) is 17.9 Å². The van der Waals surface area contributed by atoms with Crippen LogP contribution in [0.15, 0.2) is 59.1 Å². The molecule has 3 aromatic heterocycles. The van der Waals surface area contributed by atoms with Crippen molar-refractivity contribution < 1.29 is 8.98 Å². The highest BCUT2D eigenvalue weighted by Crippen LogP contribution is 2.58. The van der Waals surface area contributed by atoms with E-state index in [1.54, 1.807) is 0 Å². The van der Waals surface area contributed by atoms with E-state index in [1.807, 2.05) is 0 Å². The molecule has 0 fully saturated rings. The van der Waals surface area contributed by atoms with Crippen molar-refractivity contribution >= 4 is 22.1 Å². The second kappa shape index (κ2) is 9.53. The number of rotatable bonds is 4. The number of fused-ring (bicyclic) bond motifs is 6. The fourth-order valence-electron chi connectivity index (χ4n) is 7.87. The van der Waals surface area contributed by atoms with Crippen molar-refractivity contribution in [2.75, 3.05) is 0 Å². The van der Waals surface area contributed by atoms with Crippen molar-refractivity contribution in [3.8, 4) is 22.4 Å². The largest absolute Gasteiger partial charge is 0.437 e. The molecule has 6 rings (SSSR count). The third kappa shape index (κ3) is 4.57. The van der Waals surface area contributed by atoms with Crippen LogP contribution < -0.4 is 4.57 Å². The Morgan fingerprint density at radius 2 is 1.50 bits per heavy atom. The number of aryl methyl sites for hydroxylation is 3. The zero-order valence-electron chi connectivity index (χ0n) is 27.5. The zero-order valence-corrected chi connectivity index (χ0v) is 27.5. The van der Waals surface area contributed by atoms with Gasteiger partial charge in [-0.15, -0.1) is 0 Å². The Balaban J connectivity index is 1.66. The fourth-order valence-corrected chi connectivity index (χ4v) is 7.87. The van der Waals surface area contributed by atoms with Crippen LogP contribution in [0.5, 0.6) is 0 Å². The van der Waals surface area contributed by atoms with E-state index in [9.17, 15) is 0 Å². The van der Waals surface area contributed by atoms with Gasteiger partial charge in [0.2, 0.25) is 11.4 Å². The number of benzene rings is 2. The summed E-state index contributed by atoms with van der Waals surface area (Å²) in [6, 6.07) is 18.2. The first-order chi connectivity index (χ1) is 19.6. The summed E-state index contributed by atoms with van der Waals surface area (Å²) in [5.41, 5.74) is 13.2. The first-order valence-electron chi connectivity index (χ1n) is 15.6. The molecule has 2 aromatic carbocycles. The van der Waals surface area contributed by atoms with E-state index >= 15 is 0 Å². The Hall–Kier alpha value is -3.46. The molecule has 0 amide bonds. The summed E-state index contributed by atoms with van der Waals surface area (Å²) in [6.45, 7) is 23.1. The molecule has 218 valence electrons. The number of pyridine rings is 2. The molecule has 42 heavy (non-hydrogen) atoms. The van der Waals surface area contributed by atoms with Crippen LogP contribution in [-0.2, 0) is 12.5 Å². The summed E-state index contributed by atoms with van der Waals surface area (Å²) < 4.78 is 9.11. The summed E-state index contributed by atoms with van der Waals surface area (Å²) in [5.74, 6) is 0.476. The van der Waals surface area contributed by atoms with Crippen LogP contribution in [0.1, 0.15) is 102 Å². The van der Waals surface area contributed by atoms with Gasteiger partial charge in [0.1, 0.15) is 7.05 Å². The van der Waals surface area contributed by atoms with Gasteiger partial charge in [-0.2, -0.15) is 0 Å². The molecule has 5 aromatic rings. The number of furan rings is 1. The standard InChI is InChI=1S/C39H47N2O/c1-23(2)30-20-41(11)32(18-25(30)4)33-24(3)16-17-27-29-19-28-26-14-12-13-15-31(26)39(21-37(5,6)7,22-38(8,9)10)35(28)40-36(29)42-34(27)33/h12-20,23H,21-22H2,1-11H3/q+1. The molecule has 0 aliphatic heterocycles. The Morgan fingerprint density at radius 3 is 2.14 bits per heavy atom. The minimum atomic E-state index is -0.176. The Morgan fingerprint density at radius 1 is 0.833 bits per heavy atom. The van der Waals surface area contributed by atoms with Gasteiger partial charge < -0.3 is 4.42 Å². The highest BCUT2D eigenvalue weighted by atomic mass is 16.3. The van der Waals surface area contributed by atoms with E-state index in [0.29, 0.717) is 5.92 Å². The number of aromatic nitrogens is 2. The average Bonchev–Trinajstić information content (AvgIpc) is 3.35. The van der Waals surface area contributed by atoms with E-state index in [1.165, 1.54) is 44.8 Å². The van der Waals surface area contributed by atoms with Gasteiger partial charge in [0.05, 0.1) is 11.3 Å². The summed E-state index contributed by atoms with van der Waals surface area (Å²) in [4.78, 5) is 5.50. The summed E-state index contributed by atoms with van der Waals surface area (Å²) in [5, 5.41) is 2.23. The smallest absolute Gasteiger partial charge is 0.227 e. The first kappa shape index (κ1) is 28.6. The van der Waals surface area contributed by atoms with Gasteiger partial charge in [0, 0.05) is 33.4 Å². The van der Waals surface area contributed by atoms with Gasteiger partial charge >= 0.3 is 0 Å². The molecule has 3 nitrogen and oxygen atoms in total. The average molecular weight is 560 g/mol. The van der Waals surface area contributed by atoms with Crippen LogP contribution in [0.4, 0.5) is 0 Å². The monoisotopic (exact) mass is 559 g/mol. The molecular weight excluding hydrogens is 512 g/mol. The lowest BCUT2D eigenvalue weighted by atomic mass is 9.63. The van der Waals surface area contributed by atoms with Crippen LogP contribution in [0, 0.1) is 24.7 Å². The minimum Gasteiger partial charge on any atom is -0.437 e. The van der Waals surface area contributed by atoms with Crippen molar-refractivity contribution in [1.29, 1.82) is 0 Å². The fraction of sp³-hybridized carbons (Fsp3) is 0.436. The van der Waals surface area contributed by atoms with Crippen molar-refractivity contribution in [3.05, 3.63) is 82.7 Å². The summed E-state index contributed by atoms with van der Waals surface area (Å²) >= 11 is 0. The van der Waals surface area contributed by atoms with Gasteiger partial charge in [0.15, 0.2) is 11.8 Å². The van der Waals surface area contributed by atoms with E-state index in [4.69, 9.17) is 9.40 Å². The lowest BCUT2D eigenvalue weighted by Gasteiger charge is -2.41. The van der Waals surface area contributed by atoms with Gasteiger partial charge in [-0.1, -0.05) is 91.8 Å². The predicted molar refractivity (Wildman–Crippen MR) is 176 cm³/mol. The quantitative estimate of drug-likeness (QED) is 0.205. The predicted octanol–water partition coefficient (Wildman–Crippen LogP) is 10.4. The second-order valence-electron chi connectivity index (χ2n) is 15.6. The molecule has 0 saturated heterocycles. The third-order valence-corrected chi connectivity index (χ3v) is 9.09. The molecule has 0 spiro atoms. The maximum Gasteiger partial charge on any atom is 0.227 e. The Labute approximate surface area is 252 Å². The molecule has 3 heterocycles. The Kier molecular flexibility index (Phi) is 6.50. The molecule has 0 atom stereocenters. The number of nitrogens with zero attached hydrogens (tertiary/aromatic N) is 2. The van der Waals surface area contributed by atoms with E-state index in [-0.39, 0.29) is 16.2 Å². The van der Waals surface area contributed by atoms with Gasteiger partial charge in [0.25, 0.3) is 0 Å². The van der Waals surface area contributed by atoms with Crippen molar-refractivity contribution in [3.63, 3.8) is 0 Å². The first-order valence-corrected chi connectivity index (χ1v) is 15.6.